The van der Waals surface area contributed by atoms with E-state index < -0.39 is 12.4 Å². The highest BCUT2D eigenvalue weighted by atomic mass is 127. The smallest absolute Gasteiger partial charge is 0.387 e. The molecule has 0 unspecified atom stereocenters. The van der Waals surface area contributed by atoms with Gasteiger partial charge in [0, 0.05) is 13.1 Å². The number of morpholine rings is 1. The molecule has 0 aromatic heterocycles. The van der Waals surface area contributed by atoms with Gasteiger partial charge in [-0.15, -0.1) is 24.0 Å². The number of ether oxygens (including phenoxy) is 2. The summed E-state index contributed by atoms with van der Waals surface area (Å²) in [5.74, 6) is -0.667. The Labute approximate surface area is 143 Å². The molecule has 0 spiro atoms. The van der Waals surface area contributed by atoms with Crippen LogP contribution in [0.1, 0.15) is 5.56 Å². The van der Waals surface area contributed by atoms with Gasteiger partial charge in [0.2, 0.25) is 0 Å². The van der Waals surface area contributed by atoms with E-state index in [9.17, 15) is 13.2 Å². The molecule has 1 heterocycles. The molecule has 1 fully saturated rings. The minimum atomic E-state index is -3.02. The van der Waals surface area contributed by atoms with Crippen LogP contribution in [0.5, 0.6) is 5.75 Å². The number of benzene rings is 1. The maximum absolute atomic E-state index is 13.7. The quantitative estimate of drug-likeness (QED) is 0.451. The van der Waals surface area contributed by atoms with Crippen LogP contribution in [0, 0.1) is 5.82 Å². The molecule has 1 aliphatic heterocycles. The van der Waals surface area contributed by atoms with Crippen molar-refractivity contribution in [3.63, 3.8) is 0 Å². The van der Waals surface area contributed by atoms with E-state index >= 15 is 0 Å². The van der Waals surface area contributed by atoms with E-state index in [0.29, 0.717) is 26.3 Å². The fourth-order valence-corrected chi connectivity index (χ4v) is 1.95. The predicted octanol–water partition coefficient (Wildman–Crippen LogP) is 2.19. The van der Waals surface area contributed by atoms with Crippen molar-refractivity contribution in [3.8, 4) is 5.75 Å². The summed E-state index contributed by atoms with van der Waals surface area (Å²) in [5, 5.41) is 0. The molecule has 1 aromatic carbocycles. The molecule has 1 aliphatic rings. The maximum atomic E-state index is 13.7. The summed E-state index contributed by atoms with van der Waals surface area (Å²) in [7, 11) is 0. The topological polar surface area (TPSA) is 60.1 Å². The molecule has 2 rings (SSSR count). The number of guanidine groups is 1. The zero-order valence-corrected chi connectivity index (χ0v) is 14.0. The highest BCUT2D eigenvalue weighted by molar-refractivity contribution is 14.0. The lowest BCUT2D eigenvalue weighted by atomic mass is 10.2. The van der Waals surface area contributed by atoms with Crippen LogP contribution in [0.2, 0.25) is 0 Å². The standard InChI is InChI=1S/C13H16F3N3O2.HI/c14-10-2-1-3-11(21-12(15)16)9(10)8-18-13(17)19-4-6-20-7-5-19;/h1-3,12H,4-8H2,(H2,17,18);1H. The summed E-state index contributed by atoms with van der Waals surface area (Å²) >= 11 is 0. The lowest BCUT2D eigenvalue weighted by molar-refractivity contribution is -0.0506. The number of hydrogen-bond donors (Lipinski definition) is 1. The van der Waals surface area contributed by atoms with Gasteiger partial charge in [-0.2, -0.15) is 8.78 Å². The van der Waals surface area contributed by atoms with Crippen molar-refractivity contribution in [3.05, 3.63) is 29.6 Å². The van der Waals surface area contributed by atoms with Gasteiger partial charge in [0.1, 0.15) is 11.6 Å². The zero-order valence-electron chi connectivity index (χ0n) is 11.7. The molecule has 124 valence electrons. The predicted molar refractivity (Wildman–Crippen MR) is 86.2 cm³/mol. The SMILES string of the molecule is I.NC(=NCc1c(F)cccc1OC(F)F)N1CCOCC1. The zero-order chi connectivity index (χ0) is 15.2. The Bertz CT molecular complexity index is 511. The third-order valence-corrected chi connectivity index (χ3v) is 3.03. The van der Waals surface area contributed by atoms with E-state index in [0.717, 1.165) is 6.07 Å². The molecule has 2 N–H and O–H groups in total. The largest absolute Gasteiger partial charge is 0.434 e. The van der Waals surface area contributed by atoms with Gasteiger partial charge in [0.25, 0.3) is 0 Å². The first-order valence-electron chi connectivity index (χ1n) is 6.42. The van der Waals surface area contributed by atoms with Gasteiger partial charge in [-0.25, -0.2) is 9.38 Å². The third kappa shape index (κ3) is 5.20. The molecule has 1 aromatic rings. The van der Waals surface area contributed by atoms with E-state index in [1.807, 2.05) is 0 Å². The van der Waals surface area contributed by atoms with Gasteiger partial charge < -0.3 is 20.1 Å². The lowest BCUT2D eigenvalue weighted by Crippen LogP contribution is -2.44. The Morgan fingerprint density at radius 2 is 2.05 bits per heavy atom. The van der Waals surface area contributed by atoms with Crippen molar-refractivity contribution in [2.75, 3.05) is 26.3 Å². The van der Waals surface area contributed by atoms with Crippen LogP contribution in [-0.2, 0) is 11.3 Å². The summed E-state index contributed by atoms with van der Waals surface area (Å²) in [5.41, 5.74) is 5.76. The molecular weight excluding hydrogens is 414 g/mol. The van der Waals surface area contributed by atoms with Gasteiger partial charge in [0.15, 0.2) is 5.96 Å². The average molecular weight is 431 g/mol. The summed E-state index contributed by atoms with van der Waals surface area (Å²) in [6, 6.07) is 3.73. The van der Waals surface area contributed by atoms with Crippen molar-refractivity contribution in [1.29, 1.82) is 0 Å². The van der Waals surface area contributed by atoms with Crippen molar-refractivity contribution in [2.45, 2.75) is 13.2 Å². The van der Waals surface area contributed by atoms with E-state index in [1.165, 1.54) is 12.1 Å². The maximum Gasteiger partial charge on any atom is 0.387 e. The Morgan fingerprint density at radius 1 is 1.36 bits per heavy atom. The van der Waals surface area contributed by atoms with Crippen LogP contribution in [0.4, 0.5) is 13.2 Å². The second-order valence-corrected chi connectivity index (χ2v) is 4.37. The molecule has 0 amide bonds. The van der Waals surface area contributed by atoms with Gasteiger partial charge in [0.05, 0.1) is 25.3 Å². The molecule has 0 saturated carbocycles. The first-order chi connectivity index (χ1) is 10.1. The Kier molecular flexibility index (Phi) is 7.73. The number of alkyl halides is 2. The number of nitrogens with two attached hydrogens (primary N) is 1. The molecule has 0 radical (unpaired) electrons. The minimum absolute atomic E-state index is 0. The highest BCUT2D eigenvalue weighted by Gasteiger charge is 2.15. The molecule has 9 heteroatoms. The lowest BCUT2D eigenvalue weighted by Gasteiger charge is -2.27. The first kappa shape index (κ1) is 18.8. The number of hydrogen-bond acceptors (Lipinski definition) is 3. The fraction of sp³-hybridized carbons (Fsp3) is 0.462. The van der Waals surface area contributed by atoms with Crippen LogP contribution in [0.25, 0.3) is 0 Å². The molecule has 1 saturated heterocycles. The third-order valence-electron chi connectivity index (χ3n) is 3.03. The second-order valence-electron chi connectivity index (χ2n) is 4.37. The summed E-state index contributed by atoms with van der Waals surface area (Å²) in [6.45, 7) is -0.936. The minimum Gasteiger partial charge on any atom is -0.434 e. The van der Waals surface area contributed by atoms with Crippen LogP contribution < -0.4 is 10.5 Å². The van der Waals surface area contributed by atoms with Crippen molar-refractivity contribution >= 4 is 29.9 Å². The van der Waals surface area contributed by atoms with Gasteiger partial charge in [-0.1, -0.05) is 6.07 Å². The first-order valence-corrected chi connectivity index (χ1v) is 6.42. The number of rotatable bonds is 4. The van der Waals surface area contributed by atoms with E-state index in [-0.39, 0.29) is 47.8 Å². The number of nitrogens with zero attached hydrogens (tertiary/aromatic N) is 2. The number of halogens is 4. The van der Waals surface area contributed by atoms with Crippen LogP contribution in [0.15, 0.2) is 23.2 Å². The average Bonchev–Trinajstić information content (AvgIpc) is 2.46. The van der Waals surface area contributed by atoms with Crippen LogP contribution >= 0.6 is 24.0 Å². The molecule has 5 nitrogen and oxygen atoms in total. The molecule has 0 atom stereocenters. The second kappa shape index (κ2) is 9.03. The molecule has 0 bridgehead atoms. The fourth-order valence-electron chi connectivity index (χ4n) is 1.95. The Balaban J connectivity index is 0.00000242. The monoisotopic (exact) mass is 431 g/mol. The van der Waals surface area contributed by atoms with Gasteiger partial charge in [-0.05, 0) is 12.1 Å². The van der Waals surface area contributed by atoms with Crippen molar-refractivity contribution < 1.29 is 22.6 Å². The molecule has 0 aliphatic carbocycles. The Hall–Kier alpha value is -1.23. The molecular formula is C13H17F3IN3O2. The highest BCUT2D eigenvalue weighted by Crippen LogP contribution is 2.24. The van der Waals surface area contributed by atoms with E-state index in [2.05, 4.69) is 9.73 Å². The normalized spacial score (nSPS) is 15.6. The molecule has 22 heavy (non-hydrogen) atoms. The van der Waals surface area contributed by atoms with E-state index in [4.69, 9.17) is 10.5 Å². The van der Waals surface area contributed by atoms with Crippen LogP contribution in [0.3, 0.4) is 0 Å². The van der Waals surface area contributed by atoms with Crippen molar-refractivity contribution in [1.82, 2.24) is 4.90 Å². The number of aliphatic imine (C=N–C) groups is 1. The van der Waals surface area contributed by atoms with Crippen LogP contribution in [-0.4, -0.2) is 43.8 Å². The van der Waals surface area contributed by atoms with Crippen molar-refractivity contribution in [2.24, 2.45) is 10.7 Å². The van der Waals surface area contributed by atoms with E-state index in [1.54, 1.807) is 4.90 Å². The summed E-state index contributed by atoms with van der Waals surface area (Å²) in [4.78, 5) is 5.84. The van der Waals surface area contributed by atoms with Gasteiger partial charge in [-0.3, -0.25) is 0 Å². The summed E-state index contributed by atoms with van der Waals surface area (Å²) < 4.78 is 47.8. The van der Waals surface area contributed by atoms with Gasteiger partial charge >= 0.3 is 6.61 Å². The summed E-state index contributed by atoms with van der Waals surface area (Å²) in [6.07, 6.45) is 0. The Morgan fingerprint density at radius 3 is 2.68 bits per heavy atom.